The van der Waals surface area contributed by atoms with E-state index < -0.39 is 0 Å². The standard InChI is InChI=1S/C22H19N3/c1-2-12-25-21-14-17(24)9-11-19(21)18-10-8-16(23)13-20(18)22(25)15-6-4-3-5-7-15/h2-11,13-14,24H,1,12,23H2/p+1. The molecule has 0 amide bonds. The maximum absolute atomic E-state index is 6.11. The summed E-state index contributed by atoms with van der Waals surface area (Å²) < 4.78 is 2.26. The van der Waals surface area contributed by atoms with Crippen LogP contribution in [0.15, 0.2) is 79.4 Å². The molecule has 3 aromatic carbocycles. The van der Waals surface area contributed by atoms with Gasteiger partial charge in [-0.15, -0.1) is 0 Å². The highest BCUT2D eigenvalue weighted by Gasteiger charge is 2.22. The number of allylic oxidation sites excluding steroid dienone is 1. The Morgan fingerprint density at radius 2 is 1.48 bits per heavy atom. The van der Waals surface area contributed by atoms with Crippen LogP contribution in [0.5, 0.6) is 0 Å². The van der Waals surface area contributed by atoms with Crippen LogP contribution in [0.2, 0.25) is 0 Å². The Morgan fingerprint density at radius 1 is 0.800 bits per heavy atom. The molecule has 4 rings (SSSR count). The Labute approximate surface area is 146 Å². The van der Waals surface area contributed by atoms with Crippen LogP contribution < -0.4 is 16.0 Å². The van der Waals surface area contributed by atoms with E-state index in [4.69, 9.17) is 11.5 Å². The fourth-order valence-corrected chi connectivity index (χ4v) is 3.48. The highest BCUT2D eigenvalue weighted by molar-refractivity contribution is 6.10. The van der Waals surface area contributed by atoms with E-state index >= 15 is 0 Å². The fraction of sp³-hybridized carbons (Fsp3) is 0.0455. The average Bonchev–Trinajstić information content (AvgIpc) is 2.62. The van der Waals surface area contributed by atoms with E-state index in [-0.39, 0.29) is 0 Å². The van der Waals surface area contributed by atoms with Crippen molar-refractivity contribution in [2.24, 2.45) is 0 Å². The van der Waals surface area contributed by atoms with Crippen LogP contribution in [0, 0.1) is 0 Å². The minimum Gasteiger partial charge on any atom is -0.399 e. The summed E-state index contributed by atoms with van der Waals surface area (Å²) in [4.78, 5) is 0. The number of fused-ring (bicyclic) bond motifs is 3. The van der Waals surface area contributed by atoms with Crippen LogP contribution in [0.4, 0.5) is 11.4 Å². The second-order valence-corrected chi connectivity index (χ2v) is 6.20. The zero-order valence-electron chi connectivity index (χ0n) is 13.9. The van der Waals surface area contributed by atoms with Crippen molar-refractivity contribution in [1.82, 2.24) is 0 Å². The molecule has 3 nitrogen and oxygen atoms in total. The number of hydrogen-bond acceptors (Lipinski definition) is 2. The van der Waals surface area contributed by atoms with Gasteiger partial charge in [-0.3, -0.25) is 0 Å². The molecule has 0 unspecified atom stereocenters. The van der Waals surface area contributed by atoms with Crippen LogP contribution >= 0.6 is 0 Å². The number of rotatable bonds is 3. The van der Waals surface area contributed by atoms with Crippen molar-refractivity contribution < 1.29 is 4.57 Å². The van der Waals surface area contributed by atoms with Crippen molar-refractivity contribution in [3.63, 3.8) is 0 Å². The van der Waals surface area contributed by atoms with Crippen molar-refractivity contribution >= 4 is 33.1 Å². The smallest absolute Gasteiger partial charge is 0.221 e. The molecule has 122 valence electrons. The molecule has 4 aromatic rings. The summed E-state index contributed by atoms with van der Waals surface area (Å²) in [6.07, 6.45) is 1.91. The monoisotopic (exact) mass is 326 g/mol. The normalized spacial score (nSPS) is 11.0. The SMILES string of the molecule is C=CC[n+]1c(-c2ccccc2)c2cc(N)ccc2c2ccc(N)cc21. The maximum Gasteiger partial charge on any atom is 0.221 e. The van der Waals surface area contributed by atoms with Crippen molar-refractivity contribution in [2.75, 3.05) is 11.5 Å². The van der Waals surface area contributed by atoms with Crippen molar-refractivity contribution in [2.45, 2.75) is 6.54 Å². The molecule has 0 aliphatic carbocycles. The lowest BCUT2D eigenvalue weighted by Gasteiger charge is -2.12. The van der Waals surface area contributed by atoms with Crippen LogP contribution in [-0.2, 0) is 6.54 Å². The van der Waals surface area contributed by atoms with Crippen LogP contribution in [0.25, 0.3) is 32.9 Å². The summed E-state index contributed by atoms with van der Waals surface area (Å²) in [7, 11) is 0. The van der Waals surface area contributed by atoms with Gasteiger partial charge in [0.25, 0.3) is 0 Å². The minimum atomic E-state index is 0.689. The topological polar surface area (TPSA) is 55.9 Å². The van der Waals surface area contributed by atoms with Crippen molar-refractivity contribution in [3.8, 4) is 11.3 Å². The number of nitrogens with zero attached hydrogens (tertiary/aromatic N) is 1. The Kier molecular flexibility index (Phi) is 3.62. The van der Waals surface area contributed by atoms with E-state index in [1.165, 1.54) is 5.39 Å². The fourth-order valence-electron chi connectivity index (χ4n) is 3.48. The van der Waals surface area contributed by atoms with Crippen molar-refractivity contribution in [1.29, 1.82) is 0 Å². The van der Waals surface area contributed by atoms with Crippen LogP contribution in [0.1, 0.15) is 0 Å². The first kappa shape index (κ1) is 15.2. The third-order valence-electron chi connectivity index (χ3n) is 4.53. The van der Waals surface area contributed by atoms with Gasteiger partial charge in [0.1, 0.15) is 0 Å². The van der Waals surface area contributed by atoms with Crippen LogP contribution in [-0.4, -0.2) is 0 Å². The van der Waals surface area contributed by atoms with E-state index in [0.29, 0.717) is 6.54 Å². The van der Waals surface area contributed by atoms with Gasteiger partial charge in [0.2, 0.25) is 11.2 Å². The third kappa shape index (κ3) is 2.50. The highest BCUT2D eigenvalue weighted by atomic mass is 15.0. The van der Waals surface area contributed by atoms with Gasteiger partial charge in [0.15, 0.2) is 6.54 Å². The third-order valence-corrected chi connectivity index (χ3v) is 4.53. The first-order valence-electron chi connectivity index (χ1n) is 8.29. The number of aromatic nitrogens is 1. The van der Waals surface area contributed by atoms with Gasteiger partial charge in [-0.05, 0) is 42.5 Å². The van der Waals surface area contributed by atoms with E-state index in [1.807, 2.05) is 36.4 Å². The number of nitrogens with two attached hydrogens (primary N) is 2. The lowest BCUT2D eigenvalue weighted by Crippen LogP contribution is -2.37. The van der Waals surface area contributed by atoms with Gasteiger partial charge >= 0.3 is 0 Å². The summed E-state index contributed by atoms with van der Waals surface area (Å²) in [5.41, 5.74) is 17.1. The van der Waals surface area contributed by atoms with Gasteiger partial charge < -0.3 is 11.5 Å². The Balaban J connectivity index is 2.27. The maximum atomic E-state index is 6.11. The molecule has 0 radical (unpaired) electrons. The molecule has 0 bridgehead atoms. The molecule has 25 heavy (non-hydrogen) atoms. The first-order chi connectivity index (χ1) is 12.2. The van der Waals surface area contributed by atoms with Gasteiger partial charge in [-0.1, -0.05) is 30.8 Å². The number of pyridine rings is 1. The predicted octanol–water partition coefficient (Wildman–Crippen LogP) is 4.30. The molecule has 0 spiro atoms. The van der Waals surface area contributed by atoms with Gasteiger partial charge in [0.05, 0.1) is 10.8 Å². The zero-order chi connectivity index (χ0) is 17.4. The summed E-state index contributed by atoms with van der Waals surface area (Å²) in [6.45, 7) is 4.63. The average molecular weight is 326 g/mol. The Hall–Kier alpha value is -3.33. The first-order valence-corrected chi connectivity index (χ1v) is 8.29. The molecule has 0 aliphatic rings. The number of nitrogen functional groups attached to an aromatic ring is 2. The zero-order valence-corrected chi connectivity index (χ0v) is 13.9. The van der Waals surface area contributed by atoms with E-state index in [2.05, 4.69) is 47.5 Å². The molecule has 0 saturated heterocycles. The molecule has 0 aliphatic heterocycles. The molecular weight excluding hydrogens is 306 g/mol. The van der Waals surface area contributed by atoms with Gasteiger partial charge in [-0.25, -0.2) is 0 Å². The quantitative estimate of drug-likeness (QED) is 0.255. The molecule has 0 fully saturated rings. The second-order valence-electron chi connectivity index (χ2n) is 6.20. The molecular formula is C22H20N3+. The summed E-state index contributed by atoms with van der Waals surface area (Å²) in [6, 6.07) is 22.5. The molecule has 4 N–H and O–H groups in total. The lowest BCUT2D eigenvalue weighted by atomic mass is 9.98. The molecule has 0 atom stereocenters. The van der Waals surface area contributed by atoms with Gasteiger partial charge in [0, 0.05) is 28.4 Å². The van der Waals surface area contributed by atoms with Crippen molar-refractivity contribution in [3.05, 3.63) is 79.4 Å². The van der Waals surface area contributed by atoms with E-state index in [0.717, 1.165) is 38.9 Å². The predicted molar refractivity (Wildman–Crippen MR) is 106 cm³/mol. The largest absolute Gasteiger partial charge is 0.399 e. The van der Waals surface area contributed by atoms with Crippen LogP contribution in [0.3, 0.4) is 0 Å². The molecule has 1 heterocycles. The Bertz CT molecular complexity index is 1100. The summed E-state index contributed by atoms with van der Waals surface area (Å²) in [5, 5.41) is 3.46. The summed E-state index contributed by atoms with van der Waals surface area (Å²) >= 11 is 0. The Morgan fingerprint density at radius 3 is 2.20 bits per heavy atom. The summed E-state index contributed by atoms with van der Waals surface area (Å²) in [5.74, 6) is 0. The molecule has 3 heteroatoms. The van der Waals surface area contributed by atoms with E-state index in [1.54, 1.807) is 0 Å². The number of benzene rings is 3. The number of hydrogen-bond donors (Lipinski definition) is 2. The molecule has 1 aromatic heterocycles. The second kappa shape index (κ2) is 5.95. The number of anilines is 2. The lowest BCUT2D eigenvalue weighted by molar-refractivity contribution is -0.648. The molecule has 0 saturated carbocycles. The highest BCUT2D eigenvalue weighted by Crippen LogP contribution is 2.33. The van der Waals surface area contributed by atoms with E-state index in [9.17, 15) is 0 Å². The minimum absolute atomic E-state index is 0.689. The van der Waals surface area contributed by atoms with Gasteiger partial charge in [-0.2, -0.15) is 4.57 Å².